The molecule has 0 aliphatic heterocycles. The van der Waals surface area contributed by atoms with Crippen LogP contribution in [-0.2, 0) is 0 Å². The second-order valence-electron chi connectivity index (χ2n) is 10.9. The van der Waals surface area contributed by atoms with Gasteiger partial charge in [0.15, 0.2) is 17.5 Å². The van der Waals surface area contributed by atoms with Crippen molar-refractivity contribution in [1.82, 2.24) is 15.0 Å². The van der Waals surface area contributed by atoms with Crippen LogP contribution < -0.4 is 0 Å². The molecule has 0 radical (unpaired) electrons. The van der Waals surface area contributed by atoms with E-state index in [9.17, 15) is 4.11 Å². The molecule has 224 valence electrons. The summed E-state index contributed by atoms with van der Waals surface area (Å²) in [5.41, 5.74) is -1.36. The van der Waals surface area contributed by atoms with Gasteiger partial charge in [-0.3, -0.25) is 0 Å². The normalized spacial score (nSPS) is 15.7. The van der Waals surface area contributed by atoms with E-state index in [1.165, 1.54) is 0 Å². The number of nitrogens with zero attached hydrogens (tertiary/aromatic N) is 3. The van der Waals surface area contributed by atoms with Crippen molar-refractivity contribution in [2.75, 3.05) is 0 Å². The van der Waals surface area contributed by atoms with Crippen LogP contribution in [0.5, 0.6) is 0 Å². The van der Waals surface area contributed by atoms with Crippen LogP contribution in [0.25, 0.3) is 88.7 Å². The van der Waals surface area contributed by atoms with Crippen LogP contribution in [0.4, 0.5) is 0 Å². The van der Waals surface area contributed by atoms with Crippen LogP contribution in [0.1, 0.15) is 20.6 Å². The highest BCUT2D eigenvalue weighted by molar-refractivity contribution is 5.98. The summed E-state index contributed by atoms with van der Waals surface area (Å²) in [5, 5.41) is 2.35. The van der Waals surface area contributed by atoms with E-state index in [2.05, 4.69) is 0 Å². The Morgan fingerprint density at radius 2 is 0.812 bits per heavy atom. The van der Waals surface area contributed by atoms with Crippen molar-refractivity contribution in [1.29, 1.82) is 0 Å². The fourth-order valence-electron chi connectivity index (χ4n) is 5.65. The van der Waals surface area contributed by atoms with Gasteiger partial charge in [0.05, 0.1) is 20.6 Å². The van der Waals surface area contributed by atoms with Gasteiger partial charge >= 0.3 is 0 Å². The zero-order valence-corrected chi connectivity index (χ0v) is 24.9. The number of benzene rings is 8. The molecule has 0 bridgehead atoms. The first kappa shape index (κ1) is 16.4. The molecule has 0 aliphatic rings. The molecule has 0 saturated carbocycles. The molecule has 3 nitrogen and oxygen atoms in total. The Morgan fingerprint density at radius 1 is 0.333 bits per heavy atom. The third-order valence-electron chi connectivity index (χ3n) is 7.92. The van der Waals surface area contributed by atoms with Gasteiger partial charge in [-0.05, 0) is 72.7 Å². The first-order valence-electron chi connectivity index (χ1n) is 22.5. The summed E-state index contributed by atoms with van der Waals surface area (Å²) >= 11 is 0. The summed E-state index contributed by atoms with van der Waals surface area (Å²) in [6.45, 7) is 0. The van der Waals surface area contributed by atoms with Gasteiger partial charge in [-0.25, -0.2) is 15.0 Å². The van der Waals surface area contributed by atoms with Gasteiger partial charge in [0.2, 0.25) is 0 Å². The third kappa shape index (κ3) is 5.08. The molecule has 0 unspecified atom stereocenters. The van der Waals surface area contributed by atoms with Crippen LogP contribution in [0.2, 0.25) is 0 Å². The second-order valence-corrected chi connectivity index (χ2v) is 10.9. The van der Waals surface area contributed by atoms with Crippen molar-refractivity contribution in [3.63, 3.8) is 0 Å². The van der Waals surface area contributed by atoms with Crippen molar-refractivity contribution >= 4 is 32.3 Å². The minimum atomic E-state index is -0.796. The zero-order chi connectivity index (χ0) is 44.9. The predicted octanol–water partition coefficient (Wildman–Crippen LogP) is 11.7. The Kier molecular flexibility index (Phi) is 4.01. The molecule has 8 aromatic carbocycles. The Hall–Kier alpha value is -6.45. The molecule has 0 saturated heterocycles. The lowest BCUT2D eigenvalue weighted by Crippen LogP contribution is -2.01. The quantitative estimate of drug-likeness (QED) is 0.191. The van der Waals surface area contributed by atoms with E-state index in [4.69, 9.17) is 31.4 Å². The average Bonchev–Trinajstić information content (AvgIpc) is 3.29. The maximum Gasteiger partial charge on any atom is 0.164 e. The molecule has 9 rings (SSSR count). The standard InChI is InChI=1S/C45H29N3/c1-2-11-30(12-3-1)34-23-24-37-28-35(25-26-36(37)27-34)33-17-8-18-38(29-33)43-46-44(41-21-9-15-31-13-4-6-19-39(31)41)48-45(47-43)42-22-10-16-32-14-5-7-20-40(32)42/h1-29H/i1D,2D,3D,8D,11D,12D,17D,18D,23D,24D,25D,26D,27D,28D,29D. The lowest BCUT2D eigenvalue weighted by Gasteiger charge is -2.12. The van der Waals surface area contributed by atoms with E-state index >= 15 is 0 Å². The number of rotatable bonds is 5. The Balaban J connectivity index is 1.34. The molecule has 0 fully saturated rings. The lowest BCUT2D eigenvalue weighted by molar-refractivity contribution is 1.08. The largest absolute Gasteiger partial charge is 0.208 e. The number of hydrogen-bond donors (Lipinski definition) is 0. The van der Waals surface area contributed by atoms with Gasteiger partial charge in [0.25, 0.3) is 0 Å². The van der Waals surface area contributed by atoms with Crippen molar-refractivity contribution < 1.29 is 20.6 Å². The summed E-state index contributed by atoms with van der Waals surface area (Å²) in [5.74, 6) is 0.113. The van der Waals surface area contributed by atoms with Gasteiger partial charge < -0.3 is 0 Å². The number of fused-ring (bicyclic) bond motifs is 3. The molecule has 0 atom stereocenters. The van der Waals surface area contributed by atoms with Gasteiger partial charge in [-0.1, -0.05) is 157 Å². The van der Waals surface area contributed by atoms with Gasteiger partial charge in [0, 0.05) is 16.7 Å². The van der Waals surface area contributed by atoms with Crippen molar-refractivity contribution in [3.8, 4) is 56.4 Å². The lowest BCUT2D eigenvalue weighted by atomic mass is 9.97. The maximum absolute atomic E-state index is 9.61. The minimum absolute atomic E-state index is 0.169. The fraction of sp³-hybridized carbons (Fsp3) is 0. The Bertz CT molecular complexity index is 3350. The molecule has 48 heavy (non-hydrogen) atoms. The van der Waals surface area contributed by atoms with Crippen molar-refractivity contribution in [2.24, 2.45) is 0 Å². The molecular formula is C45H29N3. The molecule has 0 aliphatic carbocycles. The van der Waals surface area contributed by atoms with E-state index in [0.717, 1.165) is 21.5 Å². The summed E-state index contributed by atoms with van der Waals surface area (Å²) in [7, 11) is 0. The molecule has 1 heterocycles. The minimum Gasteiger partial charge on any atom is -0.208 e. The van der Waals surface area contributed by atoms with E-state index in [1.807, 2.05) is 84.9 Å². The second kappa shape index (κ2) is 11.7. The summed E-state index contributed by atoms with van der Waals surface area (Å²) in [4.78, 5) is 14.5. The van der Waals surface area contributed by atoms with Crippen LogP contribution in [0.15, 0.2) is 176 Å². The molecule has 9 aromatic rings. The summed E-state index contributed by atoms with van der Waals surface area (Å²) in [6, 6.07) is 15.2. The van der Waals surface area contributed by atoms with Crippen LogP contribution in [0, 0.1) is 0 Å². The van der Waals surface area contributed by atoms with E-state index in [-0.39, 0.29) is 23.0 Å². The first-order chi connectivity index (χ1) is 30.0. The Morgan fingerprint density at radius 3 is 1.44 bits per heavy atom. The van der Waals surface area contributed by atoms with E-state index in [1.54, 1.807) is 0 Å². The topological polar surface area (TPSA) is 38.7 Å². The molecule has 0 N–H and O–H groups in total. The Labute approximate surface area is 299 Å². The van der Waals surface area contributed by atoms with E-state index in [0.29, 0.717) is 11.1 Å². The highest BCUT2D eigenvalue weighted by Crippen LogP contribution is 2.34. The fourth-order valence-corrected chi connectivity index (χ4v) is 5.65. The summed E-state index contributed by atoms with van der Waals surface area (Å²) < 4.78 is 133. The molecule has 3 heteroatoms. The smallest absolute Gasteiger partial charge is 0.164 e. The third-order valence-corrected chi connectivity index (χ3v) is 7.92. The molecule has 1 aromatic heterocycles. The van der Waals surface area contributed by atoms with Crippen LogP contribution in [-0.4, -0.2) is 15.0 Å². The average molecular weight is 627 g/mol. The number of aromatic nitrogens is 3. The monoisotopic (exact) mass is 626 g/mol. The van der Waals surface area contributed by atoms with Gasteiger partial charge in [-0.15, -0.1) is 0 Å². The van der Waals surface area contributed by atoms with Crippen LogP contribution >= 0.6 is 0 Å². The predicted molar refractivity (Wildman–Crippen MR) is 200 cm³/mol. The van der Waals surface area contributed by atoms with E-state index < -0.39 is 124 Å². The molecule has 0 amide bonds. The first-order valence-corrected chi connectivity index (χ1v) is 15.0. The van der Waals surface area contributed by atoms with Crippen molar-refractivity contribution in [2.45, 2.75) is 0 Å². The molecular weight excluding hydrogens is 583 g/mol. The molecule has 0 spiro atoms. The zero-order valence-electron chi connectivity index (χ0n) is 39.9. The van der Waals surface area contributed by atoms with Gasteiger partial charge in [0.1, 0.15) is 0 Å². The SMILES string of the molecule is [2H]c1c([2H])c([2H])c(-c2c([2H])c([2H])c3c([2H])c(-c4c([2H])c([2H])c([2H])c(-c5nc(-c6cccc7ccccc67)nc(-c6cccc7ccccc67)n5)c4[2H])c([2H])c([2H])c3c2[2H])c([2H])c1[2H]. The number of hydrogen-bond acceptors (Lipinski definition) is 3. The summed E-state index contributed by atoms with van der Waals surface area (Å²) in [6.07, 6.45) is 0. The maximum atomic E-state index is 9.61. The van der Waals surface area contributed by atoms with Crippen LogP contribution in [0.3, 0.4) is 0 Å². The highest BCUT2D eigenvalue weighted by Gasteiger charge is 2.16. The highest BCUT2D eigenvalue weighted by atomic mass is 15.0. The van der Waals surface area contributed by atoms with Gasteiger partial charge in [-0.2, -0.15) is 0 Å². The van der Waals surface area contributed by atoms with Crippen molar-refractivity contribution in [3.05, 3.63) is 176 Å².